The molecule has 7 nitrogen and oxygen atoms in total. The Balaban J connectivity index is 1.73. The molecular formula is C23H24ClN5O2. The number of nitrogens with zero attached hydrogens (tertiary/aromatic N) is 4. The topological polar surface area (TPSA) is 74.5 Å². The molecule has 2 aromatic carbocycles. The van der Waals surface area contributed by atoms with E-state index in [0.29, 0.717) is 5.02 Å². The van der Waals surface area contributed by atoms with E-state index in [-0.39, 0.29) is 17.5 Å². The lowest BCUT2D eigenvalue weighted by Crippen LogP contribution is -2.44. The van der Waals surface area contributed by atoms with E-state index in [2.05, 4.69) is 27.1 Å². The molecule has 1 unspecified atom stereocenters. The molecule has 1 saturated heterocycles. The summed E-state index contributed by atoms with van der Waals surface area (Å²) in [4.78, 5) is 20.4. The zero-order valence-corrected chi connectivity index (χ0v) is 18.0. The Hall–Kier alpha value is -3.16. The highest BCUT2D eigenvalue weighted by molar-refractivity contribution is 6.30. The largest absolute Gasteiger partial charge is 0.354 e. The number of nitro groups is 1. The second-order valence-corrected chi connectivity index (χ2v) is 8.06. The molecule has 160 valence electrons. The van der Waals surface area contributed by atoms with Gasteiger partial charge in [0.25, 0.3) is 0 Å². The standard InChI is InChI=1S/C23H24ClN5O2/c1-27-12-14-28(15-13-27)21-11-10-20(29(30)31)23(25-21)26-22(17-6-3-2-4-7-17)18-8-5-9-19(24)16-18/h2-11,16,22H,12-15H2,1H3,(H,25,26). The molecule has 0 saturated carbocycles. The van der Waals surface area contributed by atoms with Crippen molar-refractivity contribution in [3.8, 4) is 0 Å². The minimum atomic E-state index is -0.400. The van der Waals surface area contributed by atoms with E-state index in [4.69, 9.17) is 11.6 Å². The fraction of sp³-hybridized carbons (Fsp3) is 0.261. The number of aromatic nitrogens is 1. The van der Waals surface area contributed by atoms with Gasteiger partial charge < -0.3 is 15.1 Å². The molecular weight excluding hydrogens is 414 g/mol. The molecule has 1 aromatic heterocycles. The molecule has 0 radical (unpaired) electrons. The van der Waals surface area contributed by atoms with E-state index in [1.54, 1.807) is 6.07 Å². The second kappa shape index (κ2) is 9.32. The quantitative estimate of drug-likeness (QED) is 0.449. The maximum atomic E-state index is 11.7. The Morgan fingerprint density at radius 2 is 1.71 bits per heavy atom. The molecule has 1 fully saturated rings. The highest BCUT2D eigenvalue weighted by Gasteiger charge is 2.24. The lowest BCUT2D eigenvalue weighted by atomic mass is 9.98. The molecule has 31 heavy (non-hydrogen) atoms. The van der Waals surface area contributed by atoms with Crippen molar-refractivity contribution < 1.29 is 4.92 Å². The highest BCUT2D eigenvalue weighted by atomic mass is 35.5. The van der Waals surface area contributed by atoms with Crippen molar-refractivity contribution in [1.29, 1.82) is 0 Å². The van der Waals surface area contributed by atoms with Crippen LogP contribution in [0.1, 0.15) is 17.2 Å². The highest BCUT2D eigenvalue weighted by Crippen LogP contribution is 2.33. The predicted octanol–water partition coefficient (Wildman–Crippen LogP) is 4.60. The summed E-state index contributed by atoms with van der Waals surface area (Å²) >= 11 is 6.24. The Kier molecular flexibility index (Phi) is 6.34. The first-order chi connectivity index (χ1) is 15.0. The molecule has 1 aliphatic heterocycles. The van der Waals surface area contributed by atoms with Gasteiger partial charge in [-0.3, -0.25) is 10.1 Å². The van der Waals surface area contributed by atoms with Crippen molar-refractivity contribution >= 4 is 28.9 Å². The predicted molar refractivity (Wildman–Crippen MR) is 124 cm³/mol. The lowest BCUT2D eigenvalue weighted by molar-refractivity contribution is -0.384. The van der Waals surface area contributed by atoms with Gasteiger partial charge >= 0.3 is 5.69 Å². The first-order valence-electron chi connectivity index (χ1n) is 10.2. The van der Waals surface area contributed by atoms with Crippen LogP contribution in [0.15, 0.2) is 66.7 Å². The normalized spacial score (nSPS) is 15.5. The summed E-state index contributed by atoms with van der Waals surface area (Å²) < 4.78 is 0. The number of pyridine rings is 1. The van der Waals surface area contributed by atoms with E-state index in [9.17, 15) is 10.1 Å². The lowest BCUT2D eigenvalue weighted by Gasteiger charge is -2.33. The summed E-state index contributed by atoms with van der Waals surface area (Å²) in [5.74, 6) is 0.981. The number of nitrogens with one attached hydrogen (secondary N) is 1. The number of anilines is 2. The fourth-order valence-electron chi connectivity index (χ4n) is 3.73. The number of benzene rings is 2. The summed E-state index contributed by atoms with van der Waals surface area (Å²) in [6.07, 6.45) is 0. The van der Waals surface area contributed by atoms with Crippen LogP contribution in [-0.4, -0.2) is 48.0 Å². The van der Waals surface area contributed by atoms with Crippen molar-refractivity contribution in [2.24, 2.45) is 0 Å². The summed E-state index contributed by atoms with van der Waals surface area (Å²) in [5, 5.41) is 15.7. The van der Waals surface area contributed by atoms with Gasteiger partial charge in [0, 0.05) is 37.3 Å². The minimum Gasteiger partial charge on any atom is -0.354 e. The van der Waals surface area contributed by atoms with E-state index >= 15 is 0 Å². The number of rotatable bonds is 6. The van der Waals surface area contributed by atoms with Crippen LogP contribution in [0.4, 0.5) is 17.3 Å². The third-order valence-corrected chi connectivity index (χ3v) is 5.71. The van der Waals surface area contributed by atoms with E-state index in [1.807, 2.05) is 54.6 Å². The van der Waals surface area contributed by atoms with Gasteiger partial charge in [-0.25, -0.2) is 4.98 Å². The molecule has 3 aromatic rings. The molecule has 0 amide bonds. The van der Waals surface area contributed by atoms with Crippen LogP contribution in [0, 0.1) is 10.1 Å². The minimum absolute atomic E-state index is 0.0548. The summed E-state index contributed by atoms with van der Waals surface area (Å²) in [5.41, 5.74) is 1.81. The summed E-state index contributed by atoms with van der Waals surface area (Å²) in [6.45, 7) is 3.52. The van der Waals surface area contributed by atoms with Crippen molar-refractivity contribution in [3.63, 3.8) is 0 Å². The SMILES string of the molecule is CN1CCN(c2ccc([N+](=O)[O-])c(NC(c3ccccc3)c3cccc(Cl)c3)n2)CC1. The maximum Gasteiger partial charge on any atom is 0.311 e. The molecule has 1 N–H and O–H groups in total. The van der Waals surface area contributed by atoms with Crippen molar-refractivity contribution in [3.05, 3.63) is 93.0 Å². The Morgan fingerprint density at radius 3 is 2.39 bits per heavy atom. The molecule has 0 spiro atoms. The van der Waals surface area contributed by atoms with Gasteiger partial charge in [-0.2, -0.15) is 0 Å². The first-order valence-corrected chi connectivity index (χ1v) is 10.5. The molecule has 4 rings (SSSR count). The van der Waals surface area contributed by atoms with Crippen molar-refractivity contribution in [2.75, 3.05) is 43.4 Å². The van der Waals surface area contributed by atoms with E-state index in [0.717, 1.165) is 43.1 Å². The molecule has 2 heterocycles. The van der Waals surface area contributed by atoms with E-state index in [1.165, 1.54) is 6.07 Å². The van der Waals surface area contributed by atoms with Gasteiger partial charge in [0.1, 0.15) is 5.82 Å². The van der Waals surface area contributed by atoms with Crippen LogP contribution in [0.5, 0.6) is 0 Å². The summed E-state index contributed by atoms with van der Waals surface area (Å²) in [7, 11) is 2.09. The zero-order chi connectivity index (χ0) is 21.8. The van der Waals surface area contributed by atoms with Crippen LogP contribution >= 0.6 is 11.6 Å². The Morgan fingerprint density at radius 1 is 1.00 bits per heavy atom. The first kappa shape index (κ1) is 21.1. The van der Waals surface area contributed by atoms with Crippen molar-refractivity contribution in [1.82, 2.24) is 9.88 Å². The van der Waals surface area contributed by atoms with Crippen molar-refractivity contribution in [2.45, 2.75) is 6.04 Å². The monoisotopic (exact) mass is 437 g/mol. The second-order valence-electron chi connectivity index (χ2n) is 7.63. The molecule has 1 aliphatic rings. The Labute approximate surface area is 186 Å². The molecule has 0 bridgehead atoms. The number of likely N-dealkylation sites (N-methyl/N-ethyl adjacent to an activating group) is 1. The van der Waals surface area contributed by atoms with Crippen LogP contribution < -0.4 is 10.2 Å². The average Bonchev–Trinajstić information content (AvgIpc) is 2.78. The number of hydrogen-bond donors (Lipinski definition) is 1. The van der Waals surface area contributed by atoms with Gasteiger partial charge in [0.15, 0.2) is 0 Å². The van der Waals surface area contributed by atoms with E-state index < -0.39 is 4.92 Å². The van der Waals surface area contributed by atoms with Gasteiger partial charge in [-0.1, -0.05) is 54.1 Å². The molecule has 1 atom stereocenters. The van der Waals surface area contributed by atoms with Crippen LogP contribution in [-0.2, 0) is 0 Å². The number of hydrogen-bond acceptors (Lipinski definition) is 6. The average molecular weight is 438 g/mol. The van der Waals surface area contributed by atoms with Crippen LogP contribution in [0.2, 0.25) is 5.02 Å². The third kappa shape index (κ3) is 4.95. The zero-order valence-electron chi connectivity index (χ0n) is 17.2. The molecule has 8 heteroatoms. The van der Waals surface area contributed by atoms with Gasteiger partial charge in [-0.05, 0) is 36.4 Å². The summed E-state index contributed by atoms with van der Waals surface area (Å²) in [6, 6.07) is 20.2. The number of halogens is 1. The van der Waals surface area contributed by atoms with Gasteiger partial charge in [0.2, 0.25) is 5.82 Å². The van der Waals surface area contributed by atoms with Crippen LogP contribution in [0.3, 0.4) is 0 Å². The third-order valence-electron chi connectivity index (χ3n) is 5.48. The molecule has 0 aliphatic carbocycles. The smallest absolute Gasteiger partial charge is 0.311 e. The van der Waals surface area contributed by atoms with Gasteiger partial charge in [0.05, 0.1) is 11.0 Å². The maximum absolute atomic E-state index is 11.7. The Bertz CT molecular complexity index is 1050. The fourth-order valence-corrected chi connectivity index (χ4v) is 3.93. The number of piperazine rings is 1. The van der Waals surface area contributed by atoms with Crippen LogP contribution in [0.25, 0.3) is 0 Å². The van der Waals surface area contributed by atoms with Gasteiger partial charge in [-0.15, -0.1) is 0 Å².